The van der Waals surface area contributed by atoms with Crippen molar-refractivity contribution in [1.29, 1.82) is 0 Å². The molecule has 1 atom stereocenters. The second-order valence-corrected chi connectivity index (χ2v) is 9.53. The number of aliphatic hydroxyl groups is 1. The van der Waals surface area contributed by atoms with Crippen molar-refractivity contribution in [2.45, 2.75) is 30.9 Å². The molecule has 2 nitrogen and oxygen atoms in total. The summed E-state index contributed by atoms with van der Waals surface area (Å²) in [5.74, 6) is 0. The van der Waals surface area contributed by atoms with Gasteiger partial charge in [0.25, 0.3) is 0 Å². The van der Waals surface area contributed by atoms with Gasteiger partial charge in [-0.25, -0.2) is 0 Å². The summed E-state index contributed by atoms with van der Waals surface area (Å²) in [5, 5.41) is 11.8. The van der Waals surface area contributed by atoms with Crippen molar-refractivity contribution in [2.24, 2.45) is 0 Å². The maximum absolute atomic E-state index is 11.8. The lowest BCUT2D eigenvalue weighted by atomic mass is 9.97. The fourth-order valence-corrected chi connectivity index (χ4v) is 5.24. The van der Waals surface area contributed by atoms with Crippen LogP contribution in [0, 0.1) is 0 Å². The Labute approximate surface area is 201 Å². The Morgan fingerprint density at radius 2 is 1.38 bits per heavy atom. The molecule has 164 valence electrons. The van der Waals surface area contributed by atoms with Crippen LogP contribution in [0.4, 0.5) is 0 Å². The Balaban J connectivity index is 1.91. The highest BCUT2D eigenvalue weighted by Crippen LogP contribution is 2.41. The van der Waals surface area contributed by atoms with Crippen LogP contribution in [0.5, 0.6) is 0 Å². The standard InChI is InChI=1S/C28H29NOS2/c1-3-13-25-18-11-12-19-26(25)28(30,20-4-2)32-27(31)29(21-23-14-7-5-8-15-23)22-24-16-9-6-10-17-24/h3-12,14-19,30H,1-2,13,20-22H2. The maximum atomic E-state index is 11.8. The van der Waals surface area contributed by atoms with Crippen LogP contribution in [0.15, 0.2) is 110 Å². The summed E-state index contributed by atoms with van der Waals surface area (Å²) in [4.78, 5) is 0.943. The van der Waals surface area contributed by atoms with Gasteiger partial charge in [-0.15, -0.1) is 13.2 Å². The van der Waals surface area contributed by atoms with Gasteiger partial charge in [0.15, 0.2) is 0 Å². The number of thiocarbonyl (C=S) groups is 1. The minimum absolute atomic E-state index is 0.385. The van der Waals surface area contributed by atoms with Crippen molar-refractivity contribution in [3.8, 4) is 0 Å². The summed E-state index contributed by atoms with van der Waals surface area (Å²) in [6, 6.07) is 28.5. The third-order valence-corrected chi connectivity index (χ3v) is 6.84. The number of hydrogen-bond acceptors (Lipinski definition) is 3. The van der Waals surface area contributed by atoms with Crippen molar-refractivity contribution in [3.05, 3.63) is 132 Å². The fraction of sp³-hybridized carbons (Fsp3) is 0.179. The van der Waals surface area contributed by atoms with E-state index in [9.17, 15) is 5.11 Å². The number of nitrogens with zero attached hydrogens (tertiary/aromatic N) is 1. The number of thioether (sulfide) groups is 1. The molecule has 3 aromatic carbocycles. The van der Waals surface area contributed by atoms with Crippen LogP contribution < -0.4 is 0 Å². The van der Waals surface area contributed by atoms with Crippen molar-refractivity contribution in [2.75, 3.05) is 0 Å². The molecule has 0 spiro atoms. The molecular weight excluding hydrogens is 430 g/mol. The van der Waals surface area contributed by atoms with Crippen LogP contribution in [0.1, 0.15) is 28.7 Å². The van der Waals surface area contributed by atoms with Crippen LogP contribution >= 0.6 is 24.0 Å². The first-order valence-corrected chi connectivity index (χ1v) is 11.9. The smallest absolute Gasteiger partial charge is 0.146 e. The maximum Gasteiger partial charge on any atom is 0.146 e. The van der Waals surface area contributed by atoms with Crippen molar-refractivity contribution >= 4 is 28.3 Å². The van der Waals surface area contributed by atoms with Gasteiger partial charge in [-0.1, -0.05) is 121 Å². The predicted octanol–water partition coefficient (Wildman–Crippen LogP) is 6.86. The predicted molar refractivity (Wildman–Crippen MR) is 141 cm³/mol. The van der Waals surface area contributed by atoms with Gasteiger partial charge in [0.1, 0.15) is 9.25 Å². The van der Waals surface area contributed by atoms with E-state index in [1.165, 1.54) is 22.9 Å². The van der Waals surface area contributed by atoms with Gasteiger partial charge in [0.2, 0.25) is 0 Å². The summed E-state index contributed by atoms with van der Waals surface area (Å²) in [5.41, 5.74) is 4.24. The van der Waals surface area contributed by atoms with Gasteiger partial charge in [0, 0.05) is 19.5 Å². The van der Waals surface area contributed by atoms with Crippen LogP contribution in [0.25, 0.3) is 0 Å². The molecule has 3 rings (SSSR count). The Bertz CT molecular complexity index is 994. The lowest BCUT2D eigenvalue weighted by Gasteiger charge is -2.33. The largest absolute Gasteiger partial charge is 0.374 e. The average Bonchev–Trinajstić information content (AvgIpc) is 2.81. The van der Waals surface area contributed by atoms with E-state index in [1.807, 2.05) is 66.7 Å². The zero-order valence-corrected chi connectivity index (χ0v) is 19.8. The third kappa shape index (κ3) is 6.42. The van der Waals surface area contributed by atoms with Gasteiger partial charge in [-0.05, 0) is 28.7 Å². The first-order valence-electron chi connectivity index (χ1n) is 10.6. The molecule has 0 aliphatic rings. The molecular formula is C28H29NOS2. The number of hydrogen-bond donors (Lipinski definition) is 1. The molecule has 0 amide bonds. The van der Waals surface area contributed by atoms with Crippen molar-refractivity contribution in [1.82, 2.24) is 4.90 Å². The van der Waals surface area contributed by atoms with E-state index in [4.69, 9.17) is 12.2 Å². The molecule has 0 saturated carbocycles. The minimum atomic E-state index is -1.20. The van der Waals surface area contributed by atoms with Crippen LogP contribution in [-0.4, -0.2) is 14.3 Å². The van der Waals surface area contributed by atoms with Crippen molar-refractivity contribution in [3.63, 3.8) is 0 Å². The van der Waals surface area contributed by atoms with Gasteiger partial charge in [-0.2, -0.15) is 0 Å². The van der Waals surface area contributed by atoms with E-state index in [1.54, 1.807) is 6.08 Å². The quantitative estimate of drug-likeness (QED) is 0.203. The second kappa shape index (κ2) is 11.8. The highest BCUT2D eigenvalue weighted by Gasteiger charge is 2.33. The van der Waals surface area contributed by atoms with E-state index in [0.717, 1.165) is 11.1 Å². The first kappa shape index (κ1) is 24.0. The lowest BCUT2D eigenvalue weighted by Crippen LogP contribution is -2.32. The number of allylic oxidation sites excluding steroid dienone is 1. The zero-order valence-electron chi connectivity index (χ0n) is 18.2. The molecule has 1 unspecified atom stereocenters. The summed E-state index contributed by atoms with van der Waals surface area (Å²) in [6.45, 7) is 9.08. The van der Waals surface area contributed by atoms with E-state index >= 15 is 0 Å². The third-order valence-electron chi connectivity index (χ3n) is 5.17. The molecule has 32 heavy (non-hydrogen) atoms. The van der Waals surface area contributed by atoms with E-state index < -0.39 is 4.93 Å². The van der Waals surface area contributed by atoms with Gasteiger partial charge < -0.3 is 10.0 Å². The minimum Gasteiger partial charge on any atom is -0.374 e. The molecule has 0 heterocycles. The summed E-state index contributed by atoms with van der Waals surface area (Å²) in [7, 11) is 0. The van der Waals surface area contributed by atoms with E-state index in [0.29, 0.717) is 30.3 Å². The molecule has 0 aliphatic carbocycles. The molecule has 0 radical (unpaired) electrons. The average molecular weight is 460 g/mol. The Hall–Kier alpha value is -2.66. The van der Waals surface area contributed by atoms with Crippen LogP contribution in [-0.2, 0) is 24.4 Å². The number of rotatable bonds is 10. The summed E-state index contributed by atoms with van der Waals surface area (Å²) < 4.78 is 0.649. The Morgan fingerprint density at radius 1 is 0.844 bits per heavy atom. The summed E-state index contributed by atoms with van der Waals surface area (Å²) >= 11 is 7.24. The topological polar surface area (TPSA) is 23.5 Å². The highest BCUT2D eigenvalue weighted by atomic mass is 32.2. The lowest BCUT2D eigenvalue weighted by molar-refractivity contribution is 0.141. The second-order valence-electron chi connectivity index (χ2n) is 7.62. The zero-order chi connectivity index (χ0) is 22.8. The highest BCUT2D eigenvalue weighted by molar-refractivity contribution is 8.23. The van der Waals surface area contributed by atoms with Crippen LogP contribution in [0.3, 0.4) is 0 Å². The first-order chi connectivity index (χ1) is 15.6. The molecule has 0 saturated heterocycles. The molecule has 0 aliphatic heterocycles. The van der Waals surface area contributed by atoms with Crippen molar-refractivity contribution < 1.29 is 5.11 Å². The Kier molecular flexibility index (Phi) is 8.86. The number of benzene rings is 3. The molecule has 1 N–H and O–H groups in total. The monoisotopic (exact) mass is 459 g/mol. The molecule has 0 bridgehead atoms. The molecule has 0 fully saturated rings. The van der Waals surface area contributed by atoms with Gasteiger partial charge in [-0.3, -0.25) is 0 Å². The fourth-order valence-electron chi connectivity index (χ4n) is 3.64. The van der Waals surface area contributed by atoms with E-state index in [2.05, 4.69) is 42.3 Å². The SMILES string of the molecule is C=CCc1ccccc1C(O)(CC=C)SC(=S)N(Cc1ccccc1)Cc1ccccc1. The summed E-state index contributed by atoms with van der Waals surface area (Å²) in [6.07, 6.45) is 4.67. The van der Waals surface area contributed by atoms with E-state index in [-0.39, 0.29) is 0 Å². The molecule has 4 heteroatoms. The molecule has 3 aromatic rings. The van der Waals surface area contributed by atoms with Crippen LogP contribution in [0.2, 0.25) is 0 Å². The molecule has 0 aromatic heterocycles. The van der Waals surface area contributed by atoms with Gasteiger partial charge in [0.05, 0.1) is 0 Å². The van der Waals surface area contributed by atoms with Gasteiger partial charge >= 0.3 is 0 Å². The Morgan fingerprint density at radius 3 is 1.91 bits per heavy atom. The normalized spacial score (nSPS) is 12.5.